The van der Waals surface area contributed by atoms with Gasteiger partial charge in [0.25, 0.3) is 0 Å². The third-order valence-electron chi connectivity index (χ3n) is 6.34. The average Bonchev–Trinajstić information content (AvgIpc) is 3.01. The molecule has 1 atom stereocenters. The van der Waals surface area contributed by atoms with Crippen LogP contribution in [0.15, 0.2) is 69.7 Å². The number of fused-ring (bicyclic) bond motifs is 3. The van der Waals surface area contributed by atoms with Crippen molar-refractivity contribution >= 4 is 39.1 Å². The molecule has 0 saturated carbocycles. The van der Waals surface area contributed by atoms with Gasteiger partial charge in [0.1, 0.15) is 23.1 Å². The van der Waals surface area contributed by atoms with E-state index in [0.717, 1.165) is 4.47 Å². The van der Waals surface area contributed by atoms with Crippen LogP contribution in [0, 0.1) is 16.7 Å². The number of rotatable bonds is 1. The van der Waals surface area contributed by atoms with Crippen LogP contribution in [0.1, 0.15) is 32.3 Å². The number of nitriles is 1. The number of hydrogen-bond acceptors (Lipinski definition) is 6. The third kappa shape index (κ3) is 2.61. The summed E-state index contributed by atoms with van der Waals surface area (Å²) < 4.78 is 0.788. The number of allylic oxidation sites excluding steroid dienone is 1. The number of para-hydroxylation sites is 1. The molecule has 8 heteroatoms. The summed E-state index contributed by atoms with van der Waals surface area (Å²) in [4.78, 5) is 33.4. The molecule has 1 aromatic carbocycles. The summed E-state index contributed by atoms with van der Waals surface area (Å²) >= 11 is 3.39. The summed E-state index contributed by atoms with van der Waals surface area (Å²) in [5.41, 5.74) is 6.84. The number of hydrogen-bond donors (Lipinski definition) is 2. The normalized spacial score (nSPS) is 23.8. The Morgan fingerprint density at radius 3 is 2.62 bits per heavy atom. The van der Waals surface area contributed by atoms with Crippen LogP contribution in [0.3, 0.4) is 0 Å². The van der Waals surface area contributed by atoms with Crippen molar-refractivity contribution in [1.82, 2.24) is 4.98 Å². The molecule has 0 bridgehead atoms. The van der Waals surface area contributed by atoms with Crippen LogP contribution in [0.2, 0.25) is 0 Å². The first-order chi connectivity index (χ1) is 15.2. The number of benzene rings is 1. The monoisotopic (exact) mass is 489 g/mol. The summed E-state index contributed by atoms with van der Waals surface area (Å²) in [6.07, 6.45) is 2.40. The van der Waals surface area contributed by atoms with Crippen molar-refractivity contribution in [2.24, 2.45) is 11.1 Å². The maximum Gasteiger partial charge on any atom is 0.245 e. The molecule has 32 heavy (non-hydrogen) atoms. The van der Waals surface area contributed by atoms with Crippen molar-refractivity contribution in [3.63, 3.8) is 0 Å². The third-order valence-corrected chi connectivity index (χ3v) is 6.81. The first-order valence-electron chi connectivity index (χ1n) is 10.2. The lowest BCUT2D eigenvalue weighted by Crippen LogP contribution is -2.52. The zero-order valence-corrected chi connectivity index (χ0v) is 19.2. The molecule has 1 aliphatic carbocycles. The van der Waals surface area contributed by atoms with Gasteiger partial charge in [0, 0.05) is 39.6 Å². The number of nitrogens with zero attached hydrogens (tertiary/aromatic N) is 3. The minimum Gasteiger partial charge on any atom is -0.384 e. The Labute approximate surface area is 193 Å². The molecule has 0 saturated heterocycles. The Morgan fingerprint density at radius 1 is 1.19 bits per heavy atom. The molecular formula is C24H20BrN5O2. The molecule has 7 nitrogen and oxygen atoms in total. The van der Waals surface area contributed by atoms with Crippen LogP contribution in [0.5, 0.6) is 0 Å². The van der Waals surface area contributed by atoms with E-state index in [1.54, 1.807) is 41.4 Å². The van der Waals surface area contributed by atoms with Crippen LogP contribution in [0.4, 0.5) is 11.5 Å². The largest absolute Gasteiger partial charge is 0.384 e. The van der Waals surface area contributed by atoms with Crippen LogP contribution < -0.4 is 16.0 Å². The molecule has 3 aliphatic rings. The fourth-order valence-corrected chi connectivity index (χ4v) is 5.37. The highest BCUT2D eigenvalue weighted by Crippen LogP contribution is 2.56. The Hall–Kier alpha value is -3.44. The lowest BCUT2D eigenvalue weighted by molar-refractivity contribution is -0.123. The second-order valence-electron chi connectivity index (χ2n) is 9.05. The quantitative estimate of drug-likeness (QED) is 0.628. The number of anilines is 2. The van der Waals surface area contributed by atoms with Gasteiger partial charge in [0.2, 0.25) is 5.91 Å². The van der Waals surface area contributed by atoms with Gasteiger partial charge in [-0.1, -0.05) is 32.0 Å². The second kappa shape index (κ2) is 6.78. The van der Waals surface area contributed by atoms with Crippen LogP contribution in [-0.2, 0) is 15.0 Å². The summed E-state index contributed by atoms with van der Waals surface area (Å²) in [5, 5.41) is 13.1. The molecular weight excluding hydrogens is 470 g/mol. The van der Waals surface area contributed by atoms with Gasteiger partial charge in [0.15, 0.2) is 5.78 Å². The summed E-state index contributed by atoms with van der Waals surface area (Å²) in [6.45, 7) is 4.02. The fraction of sp³-hybridized carbons (Fsp3) is 0.250. The lowest BCUT2D eigenvalue weighted by Gasteiger charge is -2.46. The van der Waals surface area contributed by atoms with E-state index in [2.05, 4.69) is 32.3 Å². The number of nitrogens with two attached hydrogens (primary N) is 1. The molecule has 3 N–H and O–H groups in total. The van der Waals surface area contributed by atoms with Gasteiger partial charge < -0.3 is 11.1 Å². The highest BCUT2D eigenvalue weighted by molar-refractivity contribution is 9.10. The Kier molecular flexibility index (Phi) is 4.33. The van der Waals surface area contributed by atoms with Gasteiger partial charge in [0.05, 0.1) is 5.57 Å². The topological polar surface area (TPSA) is 112 Å². The highest BCUT2D eigenvalue weighted by Gasteiger charge is 2.61. The highest BCUT2D eigenvalue weighted by atomic mass is 79.9. The van der Waals surface area contributed by atoms with E-state index in [1.807, 2.05) is 19.9 Å². The number of nitrogens with one attached hydrogen (secondary N) is 1. The van der Waals surface area contributed by atoms with Gasteiger partial charge in [-0.05, 0) is 46.0 Å². The molecule has 3 heterocycles. The number of halogens is 1. The maximum absolute atomic E-state index is 13.7. The van der Waals surface area contributed by atoms with E-state index >= 15 is 0 Å². The van der Waals surface area contributed by atoms with Gasteiger partial charge in [-0.2, -0.15) is 5.26 Å². The number of aromatic nitrogens is 1. The van der Waals surface area contributed by atoms with Crippen molar-refractivity contribution in [3.8, 4) is 6.07 Å². The van der Waals surface area contributed by atoms with Crippen molar-refractivity contribution in [1.29, 1.82) is 5.26 Å². The molecule has 160 valence electrons. The number of carbonyl (C=O) groups excluding carboxylic acids is 2. The van der Waals surface area contributed by atoms with Gasteiger partial charge in [-0.25, -0.2) is 4.98 Å². The number of Topliss-reactive ketones (excluding diaryl/α,β-unsaturated/α-hetero) is 1. The van der Waals surface area contributed by atoms with Crippen molar-refractivity contribution in [2.45, 2.75) is 32.1 Å². The molecule has 2 aliphatic heterocycles. The van der Waals surface area contributed by atoms with Crippen molar-refractivity contribution in [3.05, 3.63) is 75.3 Å². The van der Waals surface area contributed by atoms with Crippen molar-refractivity contribution < 1.29 is 9.59 Å². The molecule has 0 fully saturated rings. The molecule has 5 rings (SSSR count). The molecule has 1 unspecified atom stereocenters. The van der Waals surface area contributed by atoms with E-state index in [0.29, 0.717) is 34.8 Å². The van der Waals surface area contributed by atoms with Crippen LogP contribution in [0.25, 0.3) is 0 Å². The van der Waals surface area contributed by atoms with Gasteiger partial charge in [-0.15, -0.1) is 0 Å². The van der Waals surface area contributed by atoms with Gasteiger partial charge >= 0.3 is 0 Å². The van der Waals surface area contributed by atoms with E-state index in [1.165, 1.54) is 0 Å². The zero-order valence-electron chi connectivity index (χ0n) is 17.6. The number of amides is 1. The first-order valence-corrected chi connectivity index (χ1v) is 11.0. The predicted molar refractivity (Wildman–Crippen MR) is 123 cm³/mol. The summed E-state index contributed by atoms with van der Waals surface area (Å²) in [5.74, 6) is 0.00375. The first kappa shape index (κ1) is 20.5. The summed E-state index contributed by atoms with van der Waals surface area (Å²) in [6, 6.07) is 12.9. The van der Waals surface area contributed by atoms with Crippen molar-refractivity contribution in [2.75, 3.05) is 10.2 Å². The molecule has 1 spiro atoms. The molecule has 0 radical (unpaired) electrons. The Morgan fingerprint density at radius 2 is 1.94 bits per heavy atom. The minimum absolute atomic E-state index is 0.0384. The van der Waals surface area contributed by atoms with Gasteiger partial charge in [-0.3, -0.25) is 14.5 Å². The predicted octanol–water partition coefficient (Wildman–Crippen LogP) is 3.89. The molecule has 2 aromatic rings. The number of ketones is 1. The molecule has 1 aromatic heterocycles. The molecule has 1 amide bonds. The second-order valence-corrected chi connectivity index (χ2v) is 9.97. The van der Waals surface area contributed by atoms with Crippen LogP contribution in [-0.4, -0.2) is 16.7 Å². The minimum atomic E-state index is -1.57. The average molecular weight is 490 g/mol. The number of carbonyl (C=O) groups is 2. The fourth-order valence-electron chi connectivity index (χ4n) is 5.14. The Balaban J connectivity index is 1.89. The van der Waals surface area contributed by atoms with E-state index < -0.39 is 11.3 Å². The Bertz CT molecular complexity index is 1300. The van der Waals surface area contributed by atoms with E-state index in [-0.39, 0.29) is 29.0 Å². The van der Waals surface area contributed by atoms with E-state index in [9.17, 15) is 14.9 Å². The lowest BCUT2D eigenvalue weighted by atomic mass is 9.61. The summed E-state index contributed by atoms with van der Waals surface area (Å²) in [7, 11) is 0. The standard InChI is InChI=1S/C24H20BrN5O2/c1-23(2)9-17-20(18(31)10-23)24(14-5-3-4-6-16(14)29-22(24)32)15(11-26)21(27)30(17)19-8-7-13(25)12-28-19/h3-8,12H,9-10,27H2,1-2H3,(H,29,32). The number of pyridine rings is 1. The SMILES string of the molecule is CC1(C)CC(=O)C2=C(C1)N(c1ccc(Br)cn1)C(N)=C(C#N)C21C(=O)Nc2ccccc21. The zero-order chi connectivity index (χ0) is 22.8. The maximum atomic E-state index is 13.7. The smallest absolute Gasteiger partial charge is 0.245 e. The van der Waals surface area contributed by atoms with E-state index in [4.69, 9.17) is 5.73 Å². The van der Waals surface area contributed by atoms with Crippen LogP contribution >= 0.6 is 15.9 Å².